The molecule has 0 rings (SSSR count). The van der Waals surface area contributed by atoms with Gasteiger partial charge in [-0.15, -0.1) is 0 Å². The topological polar surface area (TPSA) is 34.1 Å². The average Bonchev–Trinajstić information content (AvgIpc) is 1.80. The predicted octanol–water partition coefficient (Wildman–Crippen LogP) is 1.33. The summed E-state index contributed by atoms with van der Waals surface area (Å²) < 4.78 is 0. The Bertz CT molecular complexity index is 102. The van der Waals surface area contributed by atoms with Gasteiger partial charge in [-0.05, 0) is 19.8 Å². The van der Waals surface area contributed by atoms with E-state index in [4.69, 9.17) is 0 Å². The van der Waals surface area contributed by atoms with E-state index in [0.29, 0.717) is 12.8 Å². The number of ketones is 1. The summed E-state index contributed by atoms with van der Waals surface area (Å²) in [6.45, 7) is 1.57. The van der Waals surface area contributed by atoms with E-state index in [2.05, 4.69) is 0 Å². The maximum atomic E-state index is 10.3. The second-order valence-electron chi connectivity index (χ2n) is 2.11. The van der Waals surface area contributed by atoms with Gasteiger partial charge in [0, 0.05) is 39.0 Å². The Hall–Kier alpha value is 0.223. The summed E-state index contributed by atoms with van der Waals surface area (Å²) in [5.41, 5.74) is 0. The van der Waals surface area contributed by atoms with Gasteiger partial charge in [0.1, 0.15) is 12.1 Å². The molecule has 0 amide bonds. The van der Waals surface area contributed by atoms with Crippen molar-refractivity contribution in [1.82, 2.24) is 0 Å². The van der Waals surface area contributed by atoms with E-state index in [1.54, 1.807) is 6.92 Å². The van der Waals surface area contributed by atoms with Crippen LogP contribution in [0.4, 0.5) is 0 Å². The van der Waals surface area contributed by atoms with Crippen LogP contribution in [0.25, 0.3) is 0 Å². The molecule has 0 atom stereocenters. The fourth-order valence-electron chi connectivity index (χ4n) is 0.602. The summed E-state index contributed by atoms with van der Waals surface area (Å²) >= 11 is 0. The Morgan fingerprint density at radius 3 is 2.40 bits per heavy atom. The van der Waals surface area contributed by atoms with Crippen molar-refractivity contribution in [2.45, 2.75) is 32.6 Å². The molecule has 0 saturated heterocycles. The van der Waals surface area contributed by atoms with Gasteiger partial charge in [0.15, 0.2) is 0 Å². The van der Waals surface area contributed by atoms with Crippen LogP contribution in [-0.4, -0.2) is 12.1 Å². The van der Waals surface area contributed by atoms with E-state index in [1.807, 2.05) is 0 Å². The second-order valence-corrected chi connectivity index (χ2v) is 2.11. The van der Waals surface area contributed by atoms with Crippen LogP contribution in [-0.2, 0) is 35.8 Å². The molecule has 0 unspecified atom stereocenters. The third kappa shape index (κ3) is 11.1. The molecule has 56 valence electrons. The van der Waals surface area contributed by atoms with Gasteiger partial charge < -0.3 is 9.59 Å². The van der Waals surface area contributed by atoms with Crippen LogP contribution in [0, 0.1) is 0 Å². The monoisotopic (exact) mass is 218 g/mol. The molecule has 0 aliphatic heterocycles. The molecule has 0 heterocycles. The molecule has 0 aromatic rings. The number of Topliss-reactive ketones (excluding diaryl/α,β-unsaturated/α-hetero) is 1. The van der Waals surface area contributed by atoms with E-state index < -0.39 is 0 Å². The summed E-state index contributed by atoms with van der Waals surface area (Å²) in [4.78, 5) is 20.1. The smallest absolute Gasteiger partial charge is 0.129 e. The van der Waals surface area contributed by atoms with Crippen LogP contribution >= 0.6 is 0 Å². The average molecular weight is 219 g/mol. The normalized spacial score (nSPS) is 8.10. The molecule has 0 aromatic heterocycles. The van der Waals surface area contributed by atoms with Crippen molar-refractivity contribution in [1.29, 1.82) is 0 Å². The third-order valence-corrected chi connectivity index (χ3v) is 1.10. The molecule has 0 bridgehead atoms. The van der Waals surface area contributed by atoms with Gasteiger partial charge in [-0.3, -0.25) is 0 Å². The summed E-state index contributed by atoms with van der Waals surface area (Å²) in [5, 5.41) is 0. The number of aldehydes is 1. The zero-order valence-electron chi connectivity index (χ0n) is 6.22. The van der Waals surface area contributed by atoms with Crippen molar-refractivity contribution in [2.24, 2.45) is 0 Å². The summed E-state index contributed by atoms with van der Waals surface area (Å²) in [5.74, 6) is 0.209. The van der Waals surface area contributed by atoms with Crippen molar-refractivity contribution < 1.29 is 35.8 Å². The minimum atomic E-state index is 0. The SMILES string of the molecule is CC(=O)CCCCC=O.[Zr]. The summed E-state index contributed by atoms with van der Waals surface area (Å²) in [7, 11) is 0. The summed E-state index contributed by atoms with van der Waals surface area (Å²) in [6, 6.07) is 0. The Labute approximate surface area is 80.5 Å². The molecule has 0 radical (unpaired) electrons. The Morgan fingerprint density at radius 1 is 1.40 bits per heavy atom. The predicted molar refractivity (Wildman–Crippen MR) is 35.2 cm³/mol. The first kappa shape index (κ1) is 12.9. The van der Waals surface area contributed by atoms with Gasteiger partial charge in [-0.2, -0.15) is 0 Å². The molecule has 0 N–H and O–H groups in total. The molecule has 0 spiro atoms. The number of carbonyl (C=O) groups excluding carboxylic acids is 2. The third-order valence-electron chi connectivity index (χ3n) is 1.10. The Morgan fingerprint density at radius 2 is 2.00 bits per heavy atom. The molecule has 2 nitrogen and oxygen atoms in total. The first-order valence-electron chi connectivity index (χ1n) is 3.20. The van der Waals surface area contributed by atoms with Crippen molar-refractivity contribution in [3.05, 3.63) is 0 Å². The largest absolute Gasteiger partial charge is 0.303 e. The van der Waals surface area contributed by atoms with Crippen molar-refractivity contribution in [3.63, 3.8) is 0 Å². The van der Waals surface area contributed by atoms with E-state index in [-0.39, 0.29) is 32.0 Å². The minimum Gasteiger partial charge on any atom is -0.303 e. The molecule has 0 fully saturated rings. The van der Waals surface area contributed by atoms with Crippen molar-refractivity contribution in [2.75, 3.05) is 0 Å². The molecule has 0 saturated carbocycles. The maximum absolute atomic E-state index is 10.3. The first-order chi connectivity index (χ1) is 4.27. The van der Waals surface area contributed by atoms with Gasteiger partial charge in [0.05, 0.1) is 0 Å². The quantitative estimate of drug-likeness (QED) is 0.516. The minimum absolute atomic E-state index is 0. The molecule has 0 aliphatic carbocycles. The summed E-state index contributed by atoms with van der Waals surface area (Å²) in [6.07, 6.45) is 3.80. The van der Waals surface area contributed by atoms with Gasteiger partial charge in [-0.1, -0.05) is 0 Å². The molecular weight excluding hydrogens is 207 g/mol. The van der Waals surface area contributed by atoms with Gasteiger partial charge in [-0.25, -0.2) is 0 Å². The van der Waals surface area contributed by atoms with Crippen molar-refractivity contribution in [3.8, 4) is 0 Å². The zero-order chi connectivity index (χ0) is 7.11. The second kappa shape index (κ2) is 9.22. The van der Waals surface area contributed by atoms with E-state index in [1.165, 1.54) is 0 Å². The van der Waals surface area contributed by atoms with E-state index in [0.717, 1.165) is 19.1 Å². The molecule has 3 heteroatoms. The van der Waals surface area contributed by atoms with Gasteiger partial charge >= 0.3 is 0 Å². The fourth-order valence-corrected chi connectivity index (χ4v) is 0.602. The van der Waals surface area contributed by atoms with E-state index >= 15 is 0 Å². The Kier molecular flexibility index (Phi) is 11.9. The molecule has 0 aromatic carbocycles. The van der Waals surface area contributed by atoms with Crippen LogP contribution in [0.1, 0.15) is 32.6 Å². The molecule has 10 heavy (non-hydrogen) atoms. The van der Waals surface area contributed by atoms with Crippen LogP contribution in [0.15, 0.2) is 0 Å². The maximum Gasteiger partial charge on any atom is 0.129 e. The number of hydrogen-bond donors (Lipinski definition) is 0. The zero-order valence-corrected chi connectivity index (χ0v) is 8.68. The van der Waals surface area contributed by atoms with Crippen LogP contribution in [0.2, 0.25) is 0 Å². The number of carbonyl (C=O) groups is 2. The standard InChI is InChI=1S/C7H12O2.Zr/c1-7(9)5-3-2-4-6-8;/h6H,2-5H2,1H3;. The van der Waals surface area contributed by atoms with Crippen LogP contribution in [0.5, 0.6) is 0 Å². The van der Waals surface area contributed by atoms with Gasteiger partial charge in [0.2, 0.25) is 0 Å². The van der Waals surface area contributed by atoms with Crippen LogP contribution in [0.3, 0.4) is 0 Å². The number of rotatable bonds is 5. The van der Waals surface area contributed by atoms with Gasteiger partial charge in [0.25, 0.3) is 0 Å². The van der Waals surface area contributed by atoms with Crippen molar-refractivity contribution >= 4 is 12.1 Å². The molecule has 0 aliphatic rings. The number of hydrogen-bond acceptors (Lipinski definition) is 2. The van der Waals surface area contributed by atoms with E-state index in [9.17, 15) is 9.59 Å². The van der Waals surface area contributed by atoms with Crippen LogP contribution < -0.4 is 0 Å². The Balaban J connectivity index is 0. The first-order valence-corrected chi connectivity index (χ1v) is 3.20. The molecular formula is C7H12O2Zr. The fraction of sp³-hybridized carbons (Fsp3) is 0.714. The number of unbranched alkanes of at least 4 members (excludes halogenated alkanes) is 2.